The van der Waals surface area contributed by atoms with E-state index in [9.17, 15) is 0 Å². The van der Waals surface area contributed by atoms with Crippen molar-refractivity contribution in [2.24, 2.45) is 0 Å². The van der Waals surface area contributed by atoms with Crippen LogP contribution in [0.5, 0.6) is 0 Å². The summed E-state index contributed by atoms with van der Waals surface area (Å²) >= 11 is 0. The molecule has 0 spiro atoms. The Morgan fingerprint density at radius 1 is 1.08 bits per heavy atom. The van der Waals surface area contributed by atoms with Gasteiger partial charge >= 0.3 is 54.4 Å². The molecule has 78 valence electrons. The molecular formula is H3FFeNaO8PS. The van der Waals surface area contributed by atoms with Gasteiger partial charge in [0.25, 0.3) is 0 Å². The van der Waals surface area contributed by atoms with Gasteiger partial charge in [0.05, 0.1) is 0 Å². The monoisotopic (exact) mass is 292 g/mol. The summed E-state index contributed by atoms with van der Waals surface area (Å²) < 4.78 is 43.0. The van der Waals surface area contributed by atoms with Crippen LogP contribution < -0.4 is 34.3 Å². The minimum absolute atomic E-state index is 0. The molecule has 0 saturated heterocycles. The number of phosphoric acid groups is 1. The largest absolute Gasteiger partial charge is 2.00 e. The Hall–Kier alpha value is 1.43. The fourth-order valence-electron chi connectivity index (χ4n) is 0. The van der Waals surface area contributed by atoms with Crippen LogP contribution in [0.15, 0.2) is 0 Å². The third-order valence-corrected chi connectivity index (χ3v) is 0. The van der Waals surface area contributed by atoms with Gasteiger partial charge in [-0.25, -0.2) is 4.57 Å². The topological polar surface area (TPSA) is 158 Å². The van der Waals surface area contributed by atoms with Crippen LogP contribution in [0, 0.1) is 0 Å². The smallest absolute Gasteiger partial charge is 1.00 e. The van der Waals surface area contributed by atoms with Crippen LogP contribution in [-0.2, 0) is 32.0 Å². The second-order valence-corrected chi connectivity index (χ2v) is 2.76. The minimum atomic E-state index is -5.17. The summed E-state index contributed by atoms with van der Waals surface area (Å²) in [6.45, 7) is 0. The normalized spacial score (nSPS) is 9.00. The van der Waals surface area contributed by atoms with E-state index in [1.165, 1.54) is 0 Å². The number of hydrogen-bond donors (Lipinski definition) is 3. The van der Waals surface area contributed by atoms with Crippen molar-refractivity contribution in [1.82, 2.24) is 0 Å². The Balaban J connectivity index is -0.0000000267. The van der Waals surface area contributed by atoms with E-state index >= 15 is 0 Å². The van der Waals surface area contributed by atoms with Crippen LogP contribution in [0.3, 0.4) is 0 Å². The molecule has 0 bridgehead atoms. The van der Waals surface area contributed by atoms with Crippen LogP contribution in [0.1, 0.15) is 0 Å². The summed E-state index contributed by atoms with van der Waals surface area (Å²) in [6, 6.07) is 0. The van der Waals surface area contributed by atoms with Crippen molar-refractivity contribution in [2.45, 2.75) is 0 Å². The molecule has 0 atom stereocenters. The van der Waals surface area contributed by atoms with Gasteiger partial charge in [-0.05, 0) is 0 Å². The van der Waals surface area contributed by atoms with Crippen LogP contribution in [-0.4, -0.2) is 32.2 Å². The Kier molecular flexibility index (Phi) is 25.9. The molecule has 0 aliphatic heterocycles. The first kappa shape index (κ1) is 29.3. The molecule has 13 heavy (non-hydrogen) atoms. The summed E-state index contributed by atoms with van der Waals surface area (Å²) in [4.78, 5) is 21.6. The first-order valence-electron chi connectivity index (χ1n) is 1.45. The van der Waals surface area contributed by atoms with Crippen molar-refractivity contribution in [1.29, 1.82) is 0 Å². The standard InChI is InChI=1S/FH.Fe.Na.H3O4P.H2O4S/c;;;2*1-5(2,3)4/h1H;;;(H3,1,2,3,4);(H2,1,2,3,4)/q;+2;+1;;/p-3. The Bertz CT molecular complexity index is 202. The van der Waals surface area contributed by atoms with Crippen LogP contribution in [0.4, 0.5) is 0 Å². The molecule has 0 aliphatic carbocycles. The summed E-state index contributed by atoms with van der Waals surface area (Å²) in [6.07, 6.45) is 0. The van der Waals surface area contributed by atoms with E-state index in [0.717, 1.165) is 0 Å². The average molecular weight is 292 g/mol. The summed E-state index contributed by atoms with van der Waals surface area (Å²) in [5, 5.41) is 0. The molecule has 0 amide bonds. The number of hydrogen-bond acceptors (Lipinski definition) is 5. The first-order valence-corrected chi connectivity index (χ1v) is 4.35. The molecule has 13 heteroatoms. The van der Waals surface area contributed by atoms with Gasteiger partial charge < -0.3 is 28.5 Å². The molecule has 0 radical (unpaired) electrons. The maximum absolute atomic E-state index is 8.88. The van der Waals surface area contributed by atoms with E-state index in [0.29, 0.717) is 0 Å². The van der Waals surface area contributed by atoms with Crippen molar-refractivity contribution >= 4 is 18.2 Å². The molecule has 0 aliphatic rings. The van der Waals surface area contributed by atoms with Gasteiger partial charge in [-0.15, -0.1) is 0 Å². The van der Waals surface area contributed by atoms with Crippen molar-refractivity contribution in [3.8, 4) is 0 Å². The molecule has 0 saturated carbocycles. The zero-order valence-corrected chi connectivity index (χ0v) is 10.8. The quantitative estimate of drug-likeness (QED) is 0.172. The third-order valence-electron chi connectivity index (χ3n) is 0. The minimum Gasteiger partial charge on any atom is -1.00 e. The van der Waals surface area contributed by atoms with Gasteiger partial charge in [0.15, 0.2) is 0 Å². The predicted octanol–water partition coefficient (Wildman–Crippen LogP) is -8.26. The maximum atomic E-state index is 8.88. The molecule has 3 N–H and O–H groups in total. The Labute approximate surface area is 106 Å². The van der Waals surface area contributed by atoms with Crippen LogP contribution in [0.2, 0.25) is 0 Å². The Morgan fingerprint density at radius 2 is 1.08 bits per heavy atom. The van der Waals surface area contributed by atoms with Gasteiger partial charge in [-0.3, -0.25) is 8.42 Å². The first-order chi connectivity index (χ1) is 4.00. The van der Waals surface area contributed by atoms with Crippen molar-refractivity contribution < 1.29 is 88.1 Å². The third kappa shape index (κ3) is 859. The molecule has 0 heterocycles. The van der Waals surface area contributed by atoms with Crippen LogP contribution in [0.25, 0.3) is 0 Å². The Morgan fingerprint density at radius 3 is 1.08 bits per heavy atom. The van der Waals surface area contributed by atoms with Gasteiger partial charge in [0.1, 0.15) is 0 Å². The van der Waals surface area contributed by atoms with Crippen molar-refractivity contribution in [3.05, 3.63) is 0 Å². The fraction of sp³-hybridized carbons (Fsp3) is 0. The number of rotatable bonds is 0. The predicted molar refractivity (Wildman–Crippen MR) is 24.7 cm³/mol. The zero-order valence-electron chi connectivity index (χ0n) is 5.97. The number of halogens is 1. The second-order valence-electron chi connectivity index (χ2n) is 0.922. The van der Waals surface area contributed by atoms with Gasteiger partial charge in [0, 0.05) is 10.4 Å². The molecule has 0 aromatic rings. The molecular weight excluding hydrogens is 289 g/mol. The molecule has 0 fully saturated rings. The van der Waals surface area contributed by atoms with Gasteiger partial charge in [-0.1, -0.05) is 0 Å². The van der Waals surface area contributed by atoms with E-state index in [1.54, 1.807) is 0 Å². The van der Waals surface area contributed by atoms with E-state index in [4.69, 9.17) is 36.8 Å². The van der Waals surface area contributed by atoms with E-state index in [-0.39, 0.29) is 51.3 Å². The van der Waals surface area contributed by atoms with Crippen LogP contribution >= 0.6 is 7.82 Å². The van der Waals surface area contributed by atoms with Gasteiger partial charge in [-0.2, -0.15) is 0 Å². The molecule has 0 aromatic heterocycles. The van der Waals surface area contributed by atoms with E-state index in [1.807, 2.05) is 0 Å². The van der Waals surface area contributed by atoms with E-state index < -0.39 is 18.2 Å². The second kappa shape index (κ2) is 11.5. The van der Waals surface area contributed by atoms with Crippen molar-refractivity contribution in [2.75, 3.05) is 0 Å². The summed E-state index contributed by atoms with van der Waals surface area (Å²) in [7, 11) is -9.81. The molecule has 0 rings (SSSR count). The molecule has 0 unspecified atom stereocenters. The van der Waals surface area contributed by atoms with E-state index in [2.05, 4.69) is 0 Å². The fourth-order valence-corrected chi connectivity index (χ4v) is 0. The zero-order chi connectivity index (χ0) is 9.00. The summed E-state index contributed by atoms with van der Waals surface area (Å²) in [5.41, 5.74) is 0. The molecule has 0 aromatic carbocycles. The molecule has 8 nitrogen and oxygen atoms in total. The van der Waals surface area contributed by atoms with Gasteiger partial charge in [0.2, 0.25) is 0 Å². The maximum Gasteiger partial charge on any atom is 2.00 e. The summed E-state index contributed by atoms with van der Waals surface area (Å²) in [5.74, 6) is 0. The SMILES string of the molecule is O=P(O)(O)O.O=S(=O)([O-])[O-].[F-].[Fe+2].[Na+]. The van der Waals surface area contributed by atoms with Crippen molar-refractivity contribution in [3.63, 3.8) is 0 Å². The average Bonchev–Trinajstić information content (AvgIpc) is 1.12.